The molecule has 0 radical (unpaired) electrons. The standard InChI is InChI=1S/C21H17F2N5O/c1-28-21(26-10-27-28)18-19(11-2-4-13(22)5-3-11)24-8-12-6-14(23)7-15-16(29)9-25-20(18)17(12)15/h2-7,10,18-19,24H,8-9H2,1H3. The van der Waals surface area contributed by atoms with Gasteiger partial charge in [-0.1, -0.05) is 12.1 Å². The molecule has 0 amide bonds. The maximum Gasteiger partial charge on any atom is 0.184 e. The predicted octanol–water partition coefficient (Wildman–Crippen LogP) is 2.71. The number of rotatable bonds is 2. The second-order valence-corrected chi connectivity index (χ2v) is 7.24. The number of hydrogen-bond donors (Lipinski definition) is 1. The summed E-state index contributed by atoms with van der Waals surface area (Å²) in [6.07, 6.45) is 1.46. The molecule has 8 heteroatoms. The molecule has 0 spiro atoms. The van der Waals surface area contributed by atoms with Crippen molar-refractivity contribution in [2.24, 2.45) is 12.0 Å². The second-order valence-electron chi connectivity index (χ2n) is 7.24. The summed E-state index contributed by atoms with van der Waals surface area (Å²) >= 11 is 0. The van der Waals surface area contributed by atoms with Crippen LogP contribution < -0.4 is 5.32 Å². The van der Waals surface area contributed by atoms with Crippen LogP contribution in [0, 0.1) is 11.6 Å². The third-order valence-corrected chi connectivity index (χ3v) is 5.53. The normalized spacial score (nSPS) is 20.8. The van der Waals surface area contributed by atoms with Gasteiger partial charge in [-0.3, -0.25) is 14.5 Å². The quantitative estimate of drug-likeness (QED) is 0.727. The highest BCUT2D eigenvalue weighted by Crippen LogP contribution is 2.39. The van der Waals surface area contributed by atoms with Crippen LogP contribution in [0.25, 0.3) is 0 Å². The lowest BCUT2D eigenvalue weighted by Crippen LogP contribution is -2.32. The smallest absolute Gasteiger partial charge is 0.184 e. The Morgan fingerprint density at radius 1 is 1.14 bits per heavy atom. The molecule has 0 saturated heterocycles. The van der Waals surface area contributed by atoms with Gasteiger partial charge in [-0.25, -0.2) is 13.8 Å². The van der Waals surface area contributed by atoms with Gasteiger partial charge in [0.1, 0.15) is 30.3 Å². The Bertz CT molecular complexity index is 1150. The lowest BCUT2D eigenvalue weighted by molar-refractivity contribution is 0.0999. The molecule has 2 aliphatic heterocycles. The topological polar surface area (TPSA) is 72.2 Å². The van der Waals surface area contributed by atoms with Crippen molar-refractivity contribution in [1.82, 2.24) is 20.1 Å². The third kappa shape index (κ3) is 2.87. The number of Topliss-reactive ketones (excluding diaryl/α,β-unsaturated/α-hetero) is 1. The molecule has 2 aromatic carbocycles. The molecule has 0 bridgehead atoms. The minimum absolute atomic E-state index is 0.0459. The molecule has 2 aliphatic rings. The fourth-order valence-electron chi connectivity index (χ4n) is 4.23. The SMILES string of the molecule is Cn1ncnc1C1C2=NCC(=O)c3cc(F)cc(c32)CNC1c1ccc(F)cc1. The lowest BCUT2D eigenvalue weighted by Gasteiger charge is -2.28. The number of halogens is 2. The summed E-state index contributed by atoms with van der Waals surface area (Å²) in [5.41, 5.74) is 3.19. The van der Waals surface area contributed by atoms with Crippen molar-refractivity contribution in [2.75, 3.05) is 6.54 Å². The van der Waals surface area contributed by atoms with Crippen LogP contribution in [0.3, 0.4) is 0 Å². The van der Waals surface area contributed by atoms with Crippen molar-refractivity contribution in [2.45, 2.75) is 18.5 Å². The molecule has 2 atom stereocenters. The Labute approximate surface area is 165 Å². The van der Waals surface area contributed by atoms with E-state index < -0.39 is 5.82 Å². The van der Waals surface area contributed by atoms with Crippen molar-refractivity contribution in [3.63, 3.8) is 0 Å². The molecule has 0 fully saturated rings. The summed E-state index contributed by atoms with van der Waals surface area (Å²) in [7, 11) is 1.79. The summed E-state index contributed by atoms with van der Waals surface area (Å²) in [5, 5.41) is 7.63. The van der Waals surface area contributed by atoms with Gasteiger partial charge in [-0.2, -0.15) is 5.10 Å². The number of carbonyl (C=O) groups excluding carboxylic acids is 1. The average Bonchev–Trinajstić information content (AvgIpc) is 3.05. The van der Waals surface area contributed by atoms with Crippen LogP contribution in [-0.2, 0) is 13.6 Å². The summed E-state index contributed by atoms with van der Waals surface area (Å²) in [5.74, 6) is -0.715. The summed E-state index contributed by atoms with van der Waals surface area (Å²) in [6.45, 7) is 0.290. The molecule has 3 aromatic rings. The fraction of sp³-hybridized carbons (Fsp3) is 0.238. The van der Waals surface area contributed by atoms with E-state index in [1.54, 1.807) is 23.9 Å². The molecule has 0 saturated carbocycles. The first-order valence-corrected chi connectivity index (χ1v) is 9.26. The van der Waals surface area contributed by atoms with Crippen molar-refractivity contribution in [3.05, 3.63) is 82.4 Å². The first-order chi connectivity index (χ1) is 14.0. The van der Waals surface area contributed by atoms with Gasteiger partial charge in [0, 0.05) is 30.8 Å². The number of aliphatic imine (C=N–C) groups is 1. The molecule has 2 unspecified atom stereocenters. The van der Waals surface area contributed by atoms with Gasteiger partial charge in [0.05, 0.1) is 11.6 Å². The molecular formula is C21H17F2N5O. The van der Waals surface area contributed by atoms with Crippen molar-refractivity contribution in [1.29, 1.82) is 0 Å². The molecule has 29 heavy (non-hydrogen) atoms. The molecule has 3 heterocycles. The van der Waals surface area contributed by atoms with Crippen LogP contribution >= 0.6 is 0 Å². The van der Waals surface area contributed by atoms with Gasteiger partial charge in [0.25, 0.3) is 0 Å². The number of aromatic nitrogens is 3. The number of nitrogens with one attached hydrogen (secondary N) is 1. The Morgan fingerprint density at radius 3 is 2.66 bits per heavy atom. The predicted molar refractivity (Wildman–Crippen MR) is 102 cm³/mol. The van der Waals surface area contributed by atoms with Gasteiger partial charge in [-0.15, -0.1) is 0 Å². The number of carbonyl (C=O) groups is 1. The second kappa shape index (κ2) is 6.66. The van der Waals surface area contributed by atoms with E-state index in [9.17, 15) is 13.6 Å². The molecule has 1 aromatic heterocycles. The third-order valence-electron chi connectivity index (χ3n) is 5.53. The zero-order valence-corrected chi connectivity index (χ0v) is 15.6. The van der Waals surface area contributed by atoms with E-state index in [4.69, 9.17) is 0 Å². The van der Waals surface area contributed by atoms with Gasteiger partial charge in [0.2, 0.25) is 0 Å². The number of hydrogen-bond acceptors (Lipinski definition) is 5. The zero-order chi connectivity index (χ0) is 20.1. The fourth-order valence-corrected chi connectivity index (χ4v) is 4.23. The molecule has 6 nitrogen and oxygen atoms in total. The Hall–Kier alpha value is -3.26. The Morgan fingerprint density at radius 2 is 1.93 bits per heavy atom. The highest BCUT2D eigenvalue weighted by Gasteiger charge is 2.40. The van der Waals surface area contributed by atoms with Gasteiger partial charge >= 0.3 is 0 Å². The van der Waals surface area contributed by atoms with Crippen molar-refractivity contribution < 1.29 is 13.6 Å². The Kier molecular flexibility index (Phi) is 4.09. The van der Waals surface area contributed by atoms with Crippen LogP contribution in [0.1, 0.15) is 44.8 Å². The van der Waals surface area contributed by atoms with E-state index >= 15 is 0 Å². The van der Waals surface area contributed by atoms with Crippen LogP contribution in [0.15, 0.2) is 47.7 Å². The number of nitrogens with zero attached hydrogens (tertiary/aromatic N) is 4. The van der Waals surface area contributed by atoms with Crippen LogP contribution in [0.2, 0.25) is 0 Å². The van der Waals surface area contributed by atoms with Gasteiger partial charge in [-0.05, 0) is 35.4 Å². The summed E-state index contributed by atoms with van der Waals surface area (Å²) in [4.78, 5) is 21.5. The minimum atomic E-state index is -0.453. The monoisotopic (exact) mass is 393 g/mol. The summed E-state index contributed by atoms with van der Waals surface area (Å²) in [6, 6.07) is 8.63. The van der Waals surface area contributed by atoms with Crippen LogP contribution in [-0.4, -0.2) is 32.8 Å². The maximum atomic E-state index is 14.2. The van der Waals surface area contributed by atoms with Crippen molar-refractivity contribution in [3.8, 4) is 0 Å². The summed E-state index contributed by atoms with van der Waals surface area (Å²) < 4.78 is 29.4. The maximum absolute atomic E-state index is 14.2. The van der Waals surface area contributed by atoms with E-state index in [1.165, 1.54) is 30.6 Å². The van der Waals surface area contributed by atoms with E-state index in [1.807, 2.05) is 0 Å². The van der Waals surface area contributed by atoms with E-state index in [0.717, 1.165) is 5.56 Å². The molecule has 1 N–H and O–H groups in total. The van der Waals surface area contributed by atoms with Gasteiger partial charge in [0.15, 0.2) is 5.78 Å². The Balaban J connectivity index is 1.75. The van der Waals surface area contributed by atoms with Crippen LogP contribution in [0.4, 0.5) is 8.78 Å². The zero-order valence-electron chi connectivity index (χ0n) is 15.6. The van der Waals surface area contributed by atoms with E-state index in [0.29, 0.717) is 34.8 Å². The first kappa shape index (κ1) is 17.8. The average molecular weight is 393 g/mol. The highest BCUT2D eigenvalue weighted by molar-refractivity contribution is 6.18. The van der Waals surface area contributed by atoms with Crippen LogP contribution in [0.5, 0.6) is 0 Å². The van der Waals surface area contributed by atoms with Crippen molar-refractivity contribution >= 4 is 11.5 Å². The number of ketones is 1. The van der Waals surface area contributed by atoms with Gasteiger partial charge < -0.3 is 5.32 Å². The molecule has 146 valence electrons. The largest absolute Gasteiger partial charge is 0.305 e. The van der Waals surface area contributed by atoms with E-state index in [2.05, 4.69) is 20.4 Å². The number of aryl methyl sites for hydroxylation is 1. The molecule has 0 aliphatic carbocycles. The van der Waals surface area contributed by atoms with E-state index in [-0.39, 0.29) is 30.1 Å². The highest BCUT2D eigenvalue weighted by atomic mass is 19.1. The minimum Gasteiger partial charge on any atom is -0.305 e. The number of benzene rings is 2. The first-order valence-electron chi connectivity index (χ1n) is 9.26. The molecular weight excluding hydrogens is 376 g/mol. The molecule has 5 rings (SSSR count). The lowest BCUT2D eigenvalue weighted by atomic mass is 9.82.